The van der Waals surface area contributed by atoms with Crippen molar-refractivity contribution in [3.8, 4) is 5.75 Å². The molecule has 1 saturated heterocycles. The largest absolute Gasteiger partial charge is 0.497 e. The Bertz CT molecular complexity index is 873. The molecule has 1 aliphatic rings. The van der Waals surface area contributed by atoms with E-state index in [4.69, 9.17) is 4.74 Å². The molecular formula is C23H31IN4O3. The summed E-state index contributed by atoms with van der Waals surface area (Å²) in [5.41, 5.74) is 2.78. The number of carbonyl (C=O) groups excluding carboxylic acids is 1. The highest BCUT2D eigenvalue weighted by Gasteiger charge is 2.21. The first-order valence-electron chi connectivity index (χ1n) is 10.3. The van der Waals surface area contributed by atoms with Crippen LogP contribution in [-0.4, -0.2) is 43.7 Å². The van der Waals surface area contributed by atoms with Gasteiger partial charge in [-0.25, -0.2) is 4.99 Å². The van der Waals surface area contributed by atoms with Crippen LogP contribution in [0.4, 0.5) is 5.69 Å². The SMILES string of the molecule is CCNC(=NCc1ccc(N2CCCC2=O)cc1)NCC(O)c1cccc(OC)c1.I. The number of hydrogen-bond donors (Lipinski definition) is 3. The Hall–Kier alpha value is -2.33. The van der Waals surface area contributed by atoms with Crippen molar-refractivity contribution in [3.05, 3.63) is 59.7 Å². The predicted octanol–water partition coefficient (Wildman–Crippen LogP) is 3.23. The first kappa shape index (κ1) is 24.9. The molecular weight excluding hydrogens is 507 g/mol. The lowest BCUT2D eigenvalue weighted by atomic mass is 10.1. The number of aliphatic imine (C=N–C) groups is 1. The van der Waals surface area contributed by atoms with Crippen molar-refractivity contribution < 1.29 is 14.6 Å². The van der Waals surface area contributed by atoms with Crippen LogP contribution < -0.4 is 20.3 Å². The van der Waals surface area contributed by atoms with Gasteiger partial charge in [0.05, 0.1) is 19.8 Å². The van der Waals surface area contributed by atoms with Crippen molar-refractivity contribution in [2.45, 2.75) is 32.4 Å². The number of rotatable bonds is 8. The Morgan fingerprint density at radius 2 is 2.00 bits per heavy atom. The van der Waals surface area contributed by atoms with Gasteiger partial charge in [0.15, 0.2) is 5.96 Å². The normalized spacial score (nSPS) is 14.7. The van der Waals surface area contributed by atoms with Gasteiger partial charge in [-0.1, -0.05) is 24.3 Å². The Morgan fingerprint density at radius 1 is 1.23 bits per heavy atom. The van der Waals surface area contributed by atoms with Crippen LogP contribution in [0.25, 0.3) is 0 Å². The van der Waals surface area contributed by atoms with Crippen LogP contribution in [0.1, 0.15) is 37.0 Å². The number of nitrogens with one attached hydrogen (secondary N) is 2. The average Bonchev–Trinajstić information content (AvgIpc) is 3.21. The monoisotopic (exact) mass is 538 g/mol. The summed E-state index contributed by atoms with van der Waals surface area (Å²) in [5, 5.41) is 16.8. The second-order valence-electron chi connectivity index (χ2n) is 7.18. The fourth-order valence-corrected chi connectivity index (χ4v) is 3.37. The lowest BCUT2D eigenvalue weighted by Crippen LogP contribution is -2.39. The van der Waals surface area contributed by atoms with Gasteiger partial charge in [0.1, 0.15) is 5.75 Å². The fourth-order valence-electron chi connectivity index (χ4n) is 3.37. The molecule has 1 aliphatic heterocycles. The van der Waals surface area contributed by atoms with Crippen molar-refractivity contribution >= 4 is 41.5 Å². The van der Waals surface area contributed by atoms with E-state index < -0.39 is 6.10 Å². The van der Waals surface area contributed by atoms with E-state index in [1.807, 2.05) is 60.4 Å². The van der Waals surface area contributed by atoms with E-state index in [1.54, 1.807) is 7.11 Å². The number of nitrogens with zero attached hydrogens (tertiary/aromatic N) is 2. The summed E-state index contributed by atoms with van der Waals surface area (Å²) >= 11 is 0. The molecule has 0 saturated carbocycles. The van der Waals surface area contributed by atoms with E-state index in [9.17, 15) is 9.90 Å². The molecule has 31 heavy (non-hydrogen) atoms. The van der Waals surface area contributed by atoms with Gasteiger partial charge in [-0.15, -0.1) is 24.0 Å². The Morgan fingerprint density at radius 3 is 2.65 bits per heavy atom. The molecule has 2 aromatic rings. The van der Waals surface area contributed by atoms with Crippen LogP contribution in [0.15, 0.2) is 53.5 Å². The highest BCUT2D eigenvalue weighted by atomic mass is 127. The molecule has 0 aliphatic carbocycles. The molecule has 7 nitrogen and oxygen atoms in total. The van der Waals surface area contributed by atoms with E-state index in [2.05, 4.69) is 15.6 Å². The number of benzene rings is 2. The van der Waals surface area contributed by atoms with Crippen molar-refractivity contribution in [2.24, 2.45) is 4.99 Å². The molecule has 0 bridgehead atoms. The third-order valence-corrected chi connectivity index (χ3v) is 5.03. The lowest BCUT2D eigenvalue weighted by Gasteiger charge is -2.17. The standard InChI is InChI=1S/C23H30N4O3.HI/c1-3-24-23(26-16-21(28)18-6-4-7-20(14-18)30-2)25-15-17-9-11-19(12-10-17)27-13-5-8-22(27)29;/h4,6-7,9-12,14,21,28H,3,5,8,13,15-16H2,1-2H3,(H2,24,25,26);1H. The van der Waals surface area contributed by atoms with Gasteiger partial charge in [-0.3, -0.25) is 4.79 Å². The Kier molecular flexibility index (Phi) is 10.1. The summed E-state index contributed by atoms with van der Waals surface area (Å²) in [5.74, 6) is 1.54. The summed E-state index contributed by atoms with van der Waals surface area (Å²) in [6.07, 6.45) is 0.872. The number of aliphatic hydroxyl groups is 1. The smallest absolute Gasteiger partial charge is 0.227 e. The molecule has 8 heteroatoms. The van der Waals surface area contributed by atoms with E-state index in [1.165, 1.54) is 0 Å². The maximum absolute atomic E-state index is 11.9. The number of hydrogen-bond acceptors (Lipinski definition) is 4. The maximum Gasteiger partial charge on any atom is 0.227 e. The first-order chi connectivity index (χ1) is 14.6. The zero-order valence-corrected chi connectivity index (χ0v) is 20.3. The molecule has 1 fully saturated rings. The van der Waals surface area contributed by atoms with E-state index in [-0.39, 0.29) is 29.9 Å². The van der Waals surface area contributed by atoms with Crippen molar-refractivity contribution in [3.63, 3.8) is 0 Å². The van der Waals surface area contributed by atoms with Crippen LogP contribution in [0.5, 0.6) is 5.75 Å². The van der Waals surface area contributed by atoms with Gasteiger partial charge >= 0.3 is 0 Å². The van der Waals surface area contributed by atoms with Gasteiger partial charge in [-0.05, 0) is 48.7 Å². The van der Waals surface area contributed by atoms with Crippen molar-refractivity contribution in [1.29, 1.82) is 0 Å². The molecule has 3 rings (SSSR count). The third kappa shape index (κ3) is 7.10. The molecule has 168 valence electrons. The molecule has 0 spiro atoms. The van der Waals surface area contributed by atoms with Crippen LogP contribution in [0, 0.1) is 0 Å². The van der Waals surface area contributed by atoms with Crippen molar-refractivity contribution in [2.75, 3.05) is 31.6 Å². The average molecular weight is 538 g/mol. The summed E-state index contributed by atoms with van der Waals surface area (Å²) in [6.45, 7) is 4.34. The molecule has 2 aromatic carbocycles. The minimum absolute atomic E-state index is 0. The molecule has 1 heterocycles. The molecule has 3 N–H and O–H groups in total. The highest BCUT2D eigenvalue weighted by molar-refractivity contribution is 14.0. The topological polar surface area (TPSA) is 86.2 Å². The van der Waals surface area contributed by atoms with E-state index in [0.29, 0.717) is 31.2 Å². The quantitative estimate of drug-likeness (QED) is 0.273. The second kappa shape index (κ2) is 12.5. The third-order valence-electron chi connectivity index (χ3n) is 5.03. The van der Waals surface area contributed by atoms with Gasteiger partial charge in [-0.2, -0.15) is 0 Å². The van der Waals surface area contributed by atoms with Gasteiger partial charge in [0, 0.05) is 31.7 Å². The number of amides is 1. The van der Waals surface area contributed by atoms with Gasteiger partial charge in [0.25, 0.3) is 0 Å². The molecule has 0 aromatic heterocycles. The number of ether oxygens (including phenoxy) is 1. The van der Waals surface area contributed by atoms with Crippen LogP contribution in [0.3, 0.4) is 0 Å². The molecule has 0 radical (unpaired) electrons. The maximum atomic E-state index is 11.9. The molecule has 1 atom stereocenters. The number of anilines is 1. The van der Waals surface area contributed by atoms with Gasteiger partial charge < -0.3 is 25.4 Å². The summed E-state index contributed by atoms with van der Waals surface area (Å²) < 4.78 is 5.21. The van der Waals surface area contributed by atoms with Crippen molar-refractivity contribution in [1.82, 2.24) is 10.6 Å². The highest BCUT2D eigenvalue weighted by Crippen LogP contribution is 2.22. The van der Waals surface area contributed by atoms with Crippen LogP contribution >= 0.6 is 24.0 Å². The summed E-state index contributed by atoms with van der Waals surface area (Å²) in [6, 6.07) is 15.3. The van der Waals surface area contributed by atoms with E-state index in [0.717, 1.165) is 36.3 Å². The van der Waals surface area contributed by atoms with Crippen LogP contribution in [-0.2, 0) is 11.3 Å². The lowest BCUT2D eigenvalue weighted by molar-refractivity contribution is -0.117. The number of methoxy groups -OCH3 is 1. The zero-order valence-electron chi connectivity index (χ0n) is 18.0. The fraction of sp³-hybridized carbons (Fsp3) is 0.391. The zero-order chi connectivity index (χ0) is 21.3. The predicted molar refractivity (Wildman–Crippen MR) is 134 cm³/mol. The molecule has 1 unspecified atom stereocenters. The number of guanidine groups is 1. The minimum atomic E-state index is -0.679. The van der Waals surface area contributed by atoms with Gasteiger partial charge in [0.2, 0.25) is 5.91 Å². The number of halogens is 1. The van der Waals surface area contributed by atoms with Crippen LogP contribution in [0.2, 0.25) is 0 Å². The summed E-state index contributed by atoms with van der Waals surface area (Å²) in [7, 11) is 1.61. The Labute approximate surface area is 200 Å². The minimum Gasteiger partial charge on any atom is -0.497 e. The molecule has 1 amide bonds. The Balaban J connectivity index is 0.00000341. The number of aliphatic hydroxyl groups excluding tert-OH is 1. The summed E-state index contributed by atoms with van der Waals surface area (Å²) in [4.78, 5) is 18.3. The second-order valence-corrected chi connectivity index (χ2v) is 7.18. The van der Waals surface area contributed by atoms with E-state index >= 15 is 0 Å². The first-order valence-corrected chi connectivity index (χ1v) is 10.3. The number of carbonyl (C=O) groups is 1.